The Bertz CT molecular complexity index is 551. The minimum Gasteiger partial charge on any atom is -0.400 e. The van der Waals surface area contributed by atoms with Crippen molar-refractivity contribution in [2.75, 3.05) is 6.61 Å². The van der Waals surface area contributed by atoms with Gasteiger partial charge in [0.15, 0.2) is 0 Å². The van der Waals surface area contributed by atoms with Crippen LogP contribution < -0.4 is 0 Å². The fourth-order valence-corrected chi connectivity index (χ4v) is 2.10. The first kappa shape index (κ1) is 16.2. The Morgan fingerprint density at radius 2 is 1.81 bits per heavy atom. The Morgan fingerprint density at radius 1 is 1.24 bits per heavy atom. The number of rotatable bonds is 3. The minimum absolute atomic E-state index is 0.202. The van der Waals surface area contributed by atoms with Gasteiger partial charge in [0.05, 0.1) is 17.8 Å². The maximum Gasteiger partial charge on any atom is 0.492 e. The van der Waals surface area contributed by atoms with Crippen molar-refractivity contribution in [2.45, 2.75) is 45.8 Å². The van der Waals surface area contributed by atoms with Gasteiger partial charge in [-0.2, -0.15) is 0 Å². The van der Waals surface area contributed by atoms with Gasteiger partial charge in [-0.3, -0.25) is 0 Å². The molecule has 21 heavy (non-hydrogen) atoms. The summed E-state index contributed by atoms with van der Waals surface area (Å²) in [5, 5.41) is 9.59. The Balaban J connectivity index is 2.28. The first-order valence-electron chi connectivity index (χ1n) is 7.09. The third kappa shape index (κ3) is 3.20. The van der Waals surface area contributed by atoms with E-state index in [-0.39, 0.29) is 12.4 Å². The van der Waals surface area contributed by atoms with Crippen LogP contribution in [-0.2, 0) is 9.31 Å². The van der Waals surface area contributed by atoms with Crippen molar-refractivity contribution >= 4 is 13.2 Å². The van der Waals surface area contributed by atoms with E-state index in [9.17, 15) is 9.50 Å². The normalized spacial score (nSPS) is 20.9. The van der Waals surface area contributed by atoms with Crippen LogP contribution >= 0.6 is 0 Å². The molecule has 1 N–H and O–H groups in total. The summed E-state index contributed by atoms with van der Waals surface area (Å²) in [6.07, 6.45) is 1.71. The van der Waals surface area contributed by atoms with Gasteiger partial charge in [0.25, 0.3) is 0 Å². The molecule has 0 aliphatic carbocycles. The van der Waals surface area contributed by atoms with Gasteiger partial charge in [-0.1, -0.05) is 18.2 Å². The Kier molecular flexibility index (Phi) is 4.29. The van der Waals surface area contributed by atoms with Crippen LogP contribution in [0.2, 0.25) is 0 Å². The lowest BCUT2D eigenvalue weighted by atomic mass is 9.77. The van der Waals surface area contributed by atoms with Gasteiger partial charge in [0, 0.05) is 0 Å². The van der Waals surface area contributed by atoms with E-state index in [0.717, 1.165) is 0 Å². The predicted molar refractivity (Wildman–Crippen MR) is 82.3 cm³/mol. The summed E-state index contributed by atoms with van der Waals surface area (Å²) in [5.41, 5.74) is 0.914. The summed E-state index contributed by atoms with van der Waals surface area (Å²) in [6, 6.07) is 4.95. The van der Waals surface area contributed by atoms with Crippen LogP contribution in [0, 0.1) is 12.7 Å². The molecule has 1 aromatic rings. The molecule has 1 aliphatic rings. The van der Waals surface area contributed by atoms with E-state index in [1.54, 1.807) is 25.1 Å². The third-order valence-corrected chi connectivity index (χ3v) is 4.29. The van der Waals surface area contributed by atoms with Crippen LogP contribution in [0.15, 0.2) is 23.7 Å². The van der Waals surface area contributed by atoms with Gasteiger partial charge < -0.3 is 14.4 Å². The summed E-state index contributed by atoms with van der Waals surface area (Å²) in [5.74, 6) is -0.269. The quantitative estimate of drug-likeness (QED) is 0.870. The monoisotopic (exact) mass is 292 g/mol. The predicted octanol–water partition coefficient (Wildman–Crippen LogP) is 3.14. The summed E-state index contributed by atoms with van der Waals surface area (Å²) < 4.78 is 25.4. The van der Waals surface area contributed by atoms with Crippen molar-refractivity contribution in [1.29, 1.82) is 0 Å². The molecule has 1 aromatic carbocycles. The van der Waals surface area contributed by atoms with Crippen LogP contribution in [0.3, 0.4) is 0 Å². The van der Waals surface area contributed by atoms with Gasteiger partial charge in [-0.05, 0) is 57.3 Å². The average Bonchev–Trinajstić information content (AvgIpc) is 2.59. The fraction of sp³-hybridized carbons (Fsp3) is 0.500. The fourth-order valence-electron chi connectivity index (χ4n) is 2.10. The van der Waals surface area contributed by atoms with E-state index in [1.807, 2.05) is 27.7 Å². The van der Waals surface area contributed by atoms with Gasteiger partial charge in [0.2, 0.25) is 0 Å². The van der Waals surface area contributed by atoms with E-state index in [2.05, 4.69) is 0 Å². The largest absolute Gasteiger partial charge is 0.492 e. The molecule has 114 valence electrons. The van der Waals surface area contributed by atoms with E-state index in [0.29, 0.717) is 16.6 Å². The summed E-state index contributed by atoms with van der Waals surface area (Å²) in [7, 11) is -0.621. The number of aliphatic hydroxyl groups is 1. The highest BCUT2D eigenvalue weighted by molar-refractivity contribution is 6.55. The van der Waals surface area contributed by atoms with Gasteiger partial charge in [-0.25, -0.2) is 4.39 Å². The molecule has 0 atom stereocenters. The summed E-state index contributed by atoms with van der Waals surface area (Å²) in [4.78, 5) is 0. The van der Waals surface area contributed by atoms with Crippen LogP contribution in [0.5, 0.6) is 0 Å². The van der Waals surface area contributed by atoms with E-state index < -0.39 is 18.3 Å². The van der Waals surface area contributed by atoms with Crippen molar-refractivity contribution in [3.8, 4) is 0 Å². The summed E-state index contributed by atoms with van der Waals surface area (Å²) >= 11 is 0. The molecule has 1 fully saturated rings. The molecule has 0 saturated carbocycles. The molecule has 0 radical (unpaired) electrons. The number of aliphatic hydroxyl groups excluding tert-OH is 1. The topological polar surface area (TPSA) is 38.7 Å². The Hall–Kier alpha value is -1.17. The SMILES string of the molecule is Cc1ccc(C=C(CO)B2OC(C)(C)C(C)(C)O2)cc1F. The molecule has 3 nitrogen and oxygen atoms in total. The molecule has 1 saturated heterocycles. The molecular formula is C16H22BFO3. The second-order valence-electron chi connectivity index (χ2n) is 6.47. The van der Waals surface area contributed by atoms with Crippen LogP contribution in [-0.4, -0.2) is 30.0 Å². The number of aryl methyl sites for hydroxylation is 1. The number of benzene rings is 1. The number of hydrogen-bond acceptors (Lipinski definition) is 3. The molecule has 0 unspecified atom stereocenters. The second kappa shape index (κ2) is 5.56. The Morgan fingerprint density at radius 3 is 2.29 bits per heavy atom. The van der Waals surface area contributed by atoms with Crippen molar-refractivity contribution in [2.24, 2.45) is 0 Å². The smallest absolute Gasteiger partial charge is 0.400 e. The zero-order valence-electron chi connectivity index (χ0n) is 13.2. The first-order chi connectivity index (χ1) is 9.66. The molecule has 0 aromatic heterocycles. The molecular weight excluding hydrogens is 270 g/mol. The van der Waals surface area contributed by atoms with Crippen molar-refractivity contribution in [3.05, 3.63) is 40.6 Å². The average molecular weight is 292 g/mol. The highest BCUT2D eigenvalue weighted by Crippen LogP contribution is 2.38. The van der Waals surface area contributed by atoms with Gasteiger partial charge in [0.1, 0.15) is 5.82 Å². The maximum absolute atomic E-state index is 13.6. The maximum atomic E-state index is 13.6. The van der Waals surface area contributed by atoms with Crippen molar-refractivity contribution < 1.29 is 18.8 Å². The lowest BCUT2D eigenvalue weighted by molar-refractivity contribution is 0.00578. The van der Waals surface area contributed by atoms with Gasteiger partial charge in [-0.15, -0.1) is 0 Å². The second-order valence-corrected chi connectivity index (χ2v) is 6.47. The van der Waals surface area contributed by atoms with Gasteiger partial charge >= 0.3 is 7.12 Å². The molecule has 0 spiro atoms. The molecule has 1 heterocycles. The van der Waals surface area contributed by atoms with Crippen LogP contribution in [0.25, 0.3) is 6.08 Å². The van der Waals surface area contributed by atoms with Crippen molar-refractivity contribution in [3.63, 3.8) is 0 Å². The highest BCUT2D eigenvalue weighted by Gasteiger charge is 2.52. The van der Waals surface area contributed by atoms with Crippen LogP contribution in [0.1, 0.15) is 38.8 Å². The molecule has 2 rings (SSSR count). The first-order valence-corrected chi connectivity index (χ1v) is 7.09. The van der Waals surface area contributed by atoms with E-state index >= 15 is 0 Å². The Labute approximate surface area is 125 Å². The zero-order valence-corrected chi connectivity index (χ0v) is 13.2. The summed E-state index contributed by atoms with van der Waals surface area (Å²) in [6.45, 7) is 9.32. The zero-order chi connectivity index (χ0) is 15.8. The molecule has 0 bridgehead atoms. The number of hydrogen-bond donors (Lipinski definition) is 1. The highest BCUT2D eigenvalue weighted by atomic mass is 19.1. The molecule has 5 heteroatoms. The molecule has 0 amide bonds. The number of halogens is 1. The van der Waals surface area contributed by atoms with Crippen LogP contribution in [0.4, 0.5) is 4.39 Å². The van der Waals surface area contributed by atoms with Crippen molar-refractivity contribution in [1.82, 2.24) is 0 Å². The molecule has 1 aliphatic heterocycles. The van der Waals surface area contributed by atoms with E-state index in [1.165, 1.54) is 6.07 Å². The standard InChI is InChI=1S/C16H22BFO3/c1-11-6-7-12(9-14(11)18)8-13(10-19)17-20-15(2,3)16(4,5)21-17/h6-9,19H,10H2,1-5H3. The van der Waals surface area contributed by atoms with E-state index in [4.69, 9.17) is 9.31 Å². The minimum atomic E-state index is -0.621. The third-order valence-electron chi connectivity index (χ3n) is 4.29. The lowest BCUT2D eigenvalue weighted by Crippen LogP contribution is -2.41. The lowest BCUT2D eigenvalue weighted by Gasteiger charge is -2.32.